The third-order valence-electron chi connectivity index (χ3n) is 4.56. The van der Waals surface area contributed by atoms with Crippen molar-refractivity contribution < 1.29 is 5.11 Å². The summed E-state index contributed by atoms with van der Waals surface area (Å²) in [4.78, 5) is 4.52. The van der Waals surface area contributed by atoms with Gasteiger partial charge in [0, 0.05) is 34.8 Å². The minimum atomic E-state index is 0.205. The van der Waals surface area contributed by atoms with Crippen LogP contribution in [0.4, 0.5) is 5.69 Å². The van der Waals surface area contributed by atoms with Crippen molar-refractivity contribution in [1.82, 2.24) is 14.8 Å². The lowest BCUT2D eigenvalue weighted by atomic mass is 10.2. The fraction of sp³-hybridized carbons (Fsp3) is 0.250. The number of phenols is 1. The zero-order valence-electron chi connectivity index (χ0n) is 14.3. The second kappa shape index (κ2) is 7.41. The average Bonchev–Trinajstić information content (AvgIpc) is 2.91. The Kier molecular flexibility index (Phi) is 4.84. The van der Waals surface area contributed by atoms with Crippen LogP contribution in [0, 0.1) is 0 Å². The standard InChI is InChI=1S/C20H19BrN4O/c21-16-8-9-18(26)15(11-16)13-22-17-6-4-5-14(12-17)20-24-23-19-7-2-1-3-10-25(19)20/h4-6,8-9,11-13,26H,1-3,7,10H2. The summed E-state index contributed by atoms with van der Waals surface area (Å²) in [6.45, 7) is 0.969. The van der Waals surface area contributed by atoms with Crippen molar-refractivity contribution in [3.63, 3.8) is 0 Å². The van der Waals surface area contributed by atoms with Crippen molar-refractivity contribution in [1.29, 1.82) is 0 Å². The van der Waals surface area contributed by atoms with Gasteiger partial charge in [0.25, 0.3) is 0 Å². The molecule has 2 heterocycles. The normalized spacial score (nSPS) is 14.3. The number of aromatic nitrogens is 3. The average molecular weight is 411 g/mol. The summed E-state index contributed by atoms with van der Waals surface area (Å²) in [7, 11) is 0. The molecular formula is C20H19BrN4O. The number of hydrogen-bond acceptors (Lipinski definition) is 4. The summed E-state index contributed by atoms with van der Waals surface area (Å²) in [5, 5.41) is 18.7. The van der Waals surface area contributed by atoms with Gasteiger partial charge in [-0.1, -0.05) is 34.5 Å². The van der Waals surface area contributed by atoms with E-state index in [9.17, 15) is 5.11 Å². The molecule has 132 valence electrons. The number of aromatic hydroxyl groups is 1. The van der Waals surface area contributed by atoms with Gasteiger partial charge in [0.2, 0.25) is 0 Å². The maximum atomic E-state index is 9.94. The van der Waals surface area contributed by atoms with Crippen LogP contribution >= 0.6 is 15.9 Å². The number of halogens is 1. The molecule has 0 unspecified atom stereocenters. The van der Waals surface area contributed by atoms with Crippen LogP contribution in [-0.2, 0) is 13.0 Å². The third kappa shape index (κ3) is 3.55. The predicted octanol–water partition coefficient (Wildman–Crippen LogP) is 4.89. The number of benzene rings is 2. The Morgan fingerprint density at radius 3 is 2.92 bits per heavy atom. The van der Waals surface area contributed by atoms with Crippen molar-refractivity contribution in [3.05, 3.63) is 58.3 Å². The van der Waals surface area contributed by atoms with Crippen LogP contribution in [0.3, 0.4) is 0 Å². The highest BCUT2D eigenvalue weighted by Crippen LogP contribution is 2.26. The lowest BCUT2D eigenvalue weighted by molar-refractivity contribution is 0.474. The van der Waals surface area contributed by atoms with E-state index >= 15 is 0 Å². The first-order valence-electron chi connectivity index (χ1n) is 8.76. The zero-order valence-corrected chi connectivity index (χ0v) is 15.9. The Morgan fingerprint density at radius 2 is 2.00 bits per heavy atom. The number of rotatable bonds is 3. The molecule has 0 saturated heterocycles. The van der Waals surface area contributed by atoms with E-state index in [1.807, 2.05) is 30.3 Å². The molecule has 0 saturated carbocycles. The first-order chi connectivity index (χ1) is 12.7. The van der Waals surface area contributed by atoms with E-state index < -0.39 is 0 Å². The Balaban J connectivity index is 1.64. The van der Waals surface area contributed by atoms with Gasteiger partial charge in [0.15, 0.2) is 5.82 Å². The Bertz CT molecular complexity index is 964. The van der Waals surface area contributed by atoms with Gasteiger partial charge in [-0.15, -0.1) is 10.2 Å². The quantitative estimate of drug-likeness (QED) is 0.625. The fourth-order valence-corrected chi connectivity index (χ4v) is 3.58. The second-order valence-corrected chi connectivity index (χ2v) is 7.33. The summed E-state index contributed by atoms with van der Waals surface area (Å²) < 4.78 is 3.13. The van der Waals surface area contributed by atoms with Gasteiger partial charge in [-0.25, -0.2) is 0 Å². The maximum Gasteiger partial charge on any atom is 0.164 e. The molecule has 0 fully saturated rings. The number of aliphatic imine (C=N–C) groups is 1. The number of phenolic OH excluding ortho intramolecular Hbond substituents is 1. The van der Waals surface area contributed by atoms with Gasteiger partial charge < -0.3 is 9.67 Å². The van der Waals surface area contributed by atoms with Crippen molar-refractivity contribution in [2.24, 2.45) is 4.99 Å². The van der Waals surface area contributed by atoms with Crippen LogP contribution in [0.1, 0.15) is 30.7 Å². The molecular weight excluding hydrogens is 392 g/mol. The van der Waals surface area contributed by atoms with E-state index in [1.54, 1.807) is 18.3 Å². The van der Waals surface area contributed by atoms with Gasteiger partial charge >= 0.3 is 0 Å². The molecule has 1 aliphatic rings. The van der Waals surface area contributed by atoms with Gasteiger partial charge in [-0.2, -0.15) is 0 Å². The lowest BCUT2D eigenvalue weighted by Gasteiger charge is -2.07. The number of nitrogens with zero attached hydrogens (tertiary/aromatic N) is 4. The highest BCUT2D eigenvalue weighted by Gasteiger charge is 2.16. The highest BCUT2D eigenvalue weighted by molar-refractivity contribution is 9.10. The first-order valence-corrected chi connectivity index (χ1v) is 9.55. The molecule has 0 atom stereocenters. The van der Waals surface area contributed by atoms with Gasteiger partial charge in [-0.05, 0) is 43.2 Å². The molecule has 4 rings (SSSR count). The number of aryl methyl sites for hydroxylation is 1. The molecule has 3 aromatic rings. The highest BCUT2D eigenvalue weighted by atomic mass is 79.9. The predicted molar refractivity (Wildman–Crippen MR) is 106 cm³/mol. The Morgan fingerprint density at radius 1 is 1.08 bits per heavy atom. The molecule has 5 nitrogen and oxygen atoms in total. The van der Waals surface area contributed by atoms with Gasteiger partial charge in [-0.3, -0.25) is 4.99 Å². The van der Waals surface area contributed by atoms with Crippen LogP contribution in [0.5, 0.6) is 5.75 Å². The monoisotopic (exact) mass is 410 g/mol. The molecule has 0 spiro atoms. The largest absolute Gasteiger partial charge is 0.507 e. The molecule has 0 radical (unpaired) electrons. The molecule has 1 aromatic heterocycles. The molecule has 2 aromatic carbocycles. The molecule has 26 heavy (non-hydrogen) atoms. The van der Waals surface area contributed by atoms with E-state index in [1.165, 1.54) is 12.8 Å². The van der Waals surface area contributed by atoms with Crippen LogP contribution in [0.15, 0.2) is 51.9 Å². The summed E-state index contributed by atoms with van der Waals surface area (Å²) >= 11 is 3.41. The summed E-state index contributed by atoms with van der Waals surface area (Å²) in [5.41, 5.74) is 2.49. The maximum absolute atomic E-state index is 9.94. The smallest absolute Gasteiger partial charge is 0.164 e. The zero-order chi connectivity index (χ0) is 17.9. The van der Waals surface area contributed by atoms with Gasteiger partial charge in [0.1, 0.15) is 11.6 Å². The van der Waals surface area contributed by atoms with E-state index in [4.69, 9.17) is 0 Å². The summed E-state index contributed by atoms with van der Waals surface area (Å²) in [5.74, 6) is 2.19. The minimum Gasteiger partial charge on any atom is -0.507 e. The van der Waals surface area contributed by atoms with Crippen LogP contribution < -0.4 is 0 Å². The molecule has 0 bridgehead atoms. The van der Waals surface area contributed by atoms with Crippen molar-refractivity contribution in [2.45, 2.75) is 32.2 Å². The van der Waals surface area contributed by atoms with Crippen molar-refractivity contribution >= 4 is 27.8 Å². The first kappa shape index (κ1) is 17.0. The van der Waals surface area contributed by atoms with E-state index in [2.05, 4.69) is 35.7 Å². The molecule has 0 amide bonds. The van der Waals surface area contributed by atoms with E-state index in [-0.39, 0.29) is 5.75 Å². The van der Waals surface area contributed by atoms with Crippen LogP contribution in [-0.4, -0.2) is 26.1 Å². The van der Waals surface area contributed by atoms with E-state index in [0.717, 1.165) is 46.8 Å². The second-order valence-electron chi connectivity index (χ2n) is 6.41. The molecule has 1 aliphatic heterocycles. The van der Waals surface area contributed by atoms with Crippen molar-refractivity contribution in [3.8, 4) is 17.1 Å². The summed E-state index contributed by atoms with van der Waals surface area (Å²) in [6.07, 6.45) is 6.25. The van der Waals surface area contributed by atoms with Crippen LogP contribution in [0.2, 0.25) is 0 Å². The topological polar surface area (TPSA) is 63.3 Å². The number of fused-ring (bicyclic) bond motifs is 1. The molecule has 1 N–H and O–H groups in total. The van der Waals surface area contributed by atoms with Crippen LogP contribution in [0.25, 0.3) is 11.4 Å². The van der Waals surface area contributed by atoms with E-state index in [0.29, 0.717) is 5.56 Å². The fourth-order valence-electron chi connectivity index (χ4n) is 3.20. The van der Waals surface area contributed by atoms with Gasteiger partial charge in [0.05, 0.1) is 5.69 Å². The van der Waals surface area contributed by atoms with Crippen molar-refractivity contribution in [2.75, 3.05) is 0 Å². The molecule has 6 heteroatoms. The summed E-state index contributed by atoms with van der Waals surface area (Å²) in [6, 6.07) is 13.2. The third-order valence-corrected chi connectivity index (χ3v) is 5.05. The SMILES string of the molecule is Oc1ccc(Br)cc1C=Nc1cccc(-c2nnc3n2CCCCC3)c1. The minimum absolute atomic E-state index is 0.205. The Hall–Kier alpha value is -2.47. The molecule has 0 aliphatic carbocycles. The lowest BCUT2D eigenvalue weighted by Crippen LogP contribution is -2.02. The Labute approximate surface area is 160 Å². The number of hydrogen-bond donors (Lipinski definition) is 1.